The number of hydrazine groups is 1. The second kappa shape index (κ2) is 5.74. The fourth-order valence-corrected chi connectivity index (χ4v) is 3.55. The Bertz CT molecular complexity index is 611. The molecule has 0 radical (unpaired) electrons. The van der Waals surface area contributed by atoms with Crippen LogP contribution in [-0.4, -0.2) is 4.98 Å². The Morgan fingerprint density at radius 1 is 1.24 bits per heavy atom. The van der Waals surface area contributed by atoms with Gasteiger partial charge in [0, 0.05) is 17.6 Å². The number of hydrogen-bond acceptors (Lipinski definition) is 3. The highest BCUT2D eigenvalue weighted by Crippen LogP contribution is 2.42. The monoisotopic (exact) mass is 283 g/mol. The first-order valence-corrected chi connectivity index (χ1v) is 7.90. The van der Waals surface area contributed by atoms with Gasteiger partial charge in [0.2, 0.25) is 0 Å². The zero-order chi connectivity index (χ0) is 14.9. The molecule has 1 saturated carbocycles. The molecule has 0 spiro atoms. The average molecular weight is 283 g/mol. The van der Waals surface area contributed by atoms with E-state index in [1.165, 1.54) is 36.6 Å². The standard InChI is InChI=1S/C18H25N3/c1-18(2)9-7-13(8-10-18)17(21-19)15-5-6-16-14(12-15)4-3-11-20-16/h3-6,11-13,17,21H,7-10,19H2,1-2H3. The molecule has 0 aliphatic heterocycles. The van der Waals surface area contributed by atoms with Crippen LogP contribution in [0.3, 0.4) is 0 Å². The van der Waals surface area contributed by atoms with Crippen molar-refractivity contribution in [3.05, 3.63) is 42.1 Å². The third-order valence-corrected chi connectivity index (χ3v) is 5.02. The Morgan fingerprint density at radius 3 is 2.71 bits per heavy atom. The predicted molar refractivity (Wildman–Crippen MR) is 87.5 cm³/mol. The molecule has 1 aromatic carbocycles. The second-order valence-corrected chi connectivity index (χ2v) is 7.10. The Morgan fingerprint density at radius 2 is 2.00 bits per heavy atom. The summed E-state index contributed by atoms with van der Waals surface area (Å²) in [4.78, 5) is 4.39. The van der Waals surface area contributed by atoms with Crippen molar-refractivity contribution in [3.8, 4) is 0 Å². The number of aromatic nitrogens is 1. The molecule has 3 nitrogen and oxygen atoms in total. The van der Waals surface area contributed by atoms with Gasteiger partial charge in [-0.1, -0.05) is 26.0 Å². The van der Waals surface area contributed by atoms with Crippen LogP contribution in [-0.2, 0) is 0 Å². The maximum Gasteiger partial charge on any atom is 0.0702 e. The first-order valence-electron chi connectivity index (χ1n) is 7.90. The second-order valence-electron chi connectivity index (χ2n) is 7.10. The van der Waals surface area contributed by atoms with Crippen LogP contribution in [0.15, 0.2) is 36.5 Å². The highest BCUT2D eigenvalue weighted by Gasteiger charge is 2.31. The summed E-state index contributed by atoms with van der Waals surface area (Å²) in [5, 5.41) is 1.19. The molecule has 0 saturated heterocycles. The smallest absolute Gasteiger partial charge is 0.0702 e. The van der Waals surface area contributed by atoms with Gasteiger partial charge in [-0.15, -0.1) is 0 Å². The molecule has 1 aliphatic carbocycles. The van der Waals surface area contributed by atoms with Crippen molar-refractivity contribution < 1.29 is 0 Å². The molecule has 1 aromatic heterocycles. The summed E-state index contributed by atoms with van der Waals surface area (Å²) in [5.41, 5.74) is 5.87. The molecule has 1 aliphatic rings. The molecule has 0 bridgehead atoms. The van der Waals surface area contributed by atoms with Crippen molar-refractivity contribution in [2.45, 2.75) is 45.6 Å². The van der Waals surface area contributed by atoms with Crippen LogP contribution in [0.5, 0.6) is 0 Å². The first kappa shape index (κ1) is 14.5. The Labute approximate surface area is 126 Å². The fourth-order valence-electron chi connectivity index (χ4n) is 3.55. The molecule has 3 rings (SSSR count). The summed E-state index contributed by atoms with van der Waals surface area (Å²) in [6, 6.07) is 10.8. The van der Waals surface area contributed by atoms with Gasteiger partial charge in [0.05, 0.1) is 5.52 Å². The van der Waals surface area contributed by atoms with Crippen LogP contribution in [0.4, 0.5) is 0 Å². The van der Waals surface area contributed by atoms with E-state index in [1.807, 2.05) is 12.3 Å². The molecule has 1 heterocycles. The molecule has 3 heteroatoms. The lowest BCUT2D eigenvalue weighted by atomic mass is 9.70. The lowest BCUT2D eigenvalue weighted by molar-refractivity contribution is 0.161. The number of nitrogens with zero attached hydrogens (tertiary/aromatic N) is 1. The Kier molecular flexibility index (Phi) is 3.96. The minimum Gasteiger partial charge on any atom is -0.271 e. The summed E-state index contributed by atoms with van der Waals surface area (Å²) in [5.74, 6) is 6.50. The third kappa shape index (κ3) is 3.09. The Balaban J connectivity index is 1.84. The van der Waals surface area contributed by atoms with E-state index in [4.69, 9.17) is 5.84 Å². The van der Waals surface area contributed by atoms with E-state index in [1.54, 1.807) is 0 Å². The zero-order valence-electron chi connectivity index (χ0n) is 13.0. The highest BCUT2D eigenvalue weighted by atomic mass is 15.2. The van der Waals surface area contributed by atoms with Crippen LogP contribution in [0.1, 0.15) is 51.1 Å². The molecule has 112 valence electrons. The quantitative estimate of drug-likeness (QED) is 0.662. The van der Waals surface area contributed by atoms with Crippen molar-refractivity contribution in [1.29, 1.82) is 0 Å². The van der Waals surface area contributed by atoms with E-state index < -0.39 is 0 Å². The van der Waals surface area contributed by atoms with Crippen molar-refractivity contribution in [1.82, 2.24) is 10.4 Å². The third-order valence-electron chi connectivity index (χ3n) is 5.02. The number of benzene rings is 1. The van der Waals surface area contributed by atoms with Crippen LogP contribution in [0.25, 0.3) is 10.9 Å². The van der Waals surface area contributed by atoms with Gasteiger partial charge in [0.15, 0.2) is 0 Å². The largest absolute Gasteiger partial charge is 0.271 e. The first-order chi connectivity index (χ1) is 10.1. The van der Waals surface area contributed by atoms with E-state index in [0.717, 1.165) is 5.52 Å². The number of nitrogens with two attached hydrogens (primary N) is 1. The summed E-state index contributed by atoms with van der Waals surface area (Å²) < 4.78 is 0. The van der Waals surface area contributed by atoms with E-state index >= 15 is 0 Å². The van der Waals surface area contributed by atoms with Gasteiger partial charge in [-0.25, -0.2) is 0 Å². The van der Waals surface area contributed by atoms with Gasteiger partial charge in [-0.2, -0.15) is 0 Å². The molecule has 2 aromatic rings. The molecule has 1 atom stereocenters. The fraction of sp³-hybridized carbons (Fsp3) is 0.500. The van der Waals surface area contributed by atoms with Gasteiger partial charge < -0.3 is 0 Å². The molecular formula is C18H25N3. The summed E-state index contributed by atoms with van der Waals surface area (Å²) >= 11 is 0. The van der Waals surface area contributed by atoms with Crippen molar-refractivity contribution in [2.24, 2.45) is 17.2 Å². The van der Waals surface area contributed by atoms with E-state index in [9.17, 15) is 0 Å². The lowest BCUT2D eigenvalue weighted by Gasteiger charge is -2.38. The van der Waals surface area contributed by atoms with Crippen LogP contribution < -0.4 is 11.3 Å². The van der Waals surface area contributed by atoms with Gasteiger partial charge in [0.1, 0.15) is 0 Å². The predicted octanol–water partition coefficient (Wildman–Crippen LogP) is 3.96. The number of rotatable bonds is 3. The molecule has 21 heavy (non-hydrogen) atoms. The summed E-state index contributed by atoms with van der Waals surface area (Å²) in [6.45, 7) is 4.74. The minimum atomic E-state index is 0.241. The highest BCUT2D eigenvalue weighted by molar-refractivity contribution is 5.79. The van der Waals surface area contributed by atoms with Gasteiger partial charge in [-0.3, -0.25) is 16.3 Å². The lowest BCUT2D eigenvalue weighted by Crippen LogP contribution is -2.36. The van der Waals surface area contributed by atoms with Gasteiger partial charge >= 0.3 is 0 Å². The van der Waals surface area contributed by atoms with Crippen LogP contribution >= 0.6 is 0 Å². The van der Waals surface area contributed by atoms with Crippen LogP contribution in [0.2, 0.25) is 0 Å². The SMILES string of the molecule is CC1(C)CCC(C(NN)c2ccc3ncccc3c2)CC1. The van der Waals surface area contributed by atoms with Crippen molar-refractivity contribution in [2.75, 3.05) is 0 Å². The molecule has 3 N–H and O–H groups in total. The minimum absolute atomic E-state index is 0.241. The molecule has 0 amide bonds. The van der Waals surface area contributed by atoms with E-state index in [2.05, 4.69) is 48.5 Å². The van der Waals surface area contributed by atoms with Gasteiger partial charge in [0.25, 0.3) is 0 Å². The van der Waals surface area contributed by atoms with Crippen molar-refractivity contribution in [3.63, 3.8) is 0 Å². The summed E-state index contributed by atoms with van der Waals surface area (Å²) in [6.07, 6.45) is 6.89. The number of pyridine rings is 1. The van der Waals surface area contributed by atoms with Gasteiger partial charge in [-0.05, 0) is 60.8 Å². The molecular weight excluding hydrogens is 258 g/mol. The molecule has 1 fully saturated rings. The number of hydrogen-bond donors (Lipinski definition) is 2. The topological polar surface area (TPSA) is 50.9 Å². The normalized spacial score (nSPS) is 20.5. The maximum atomic E-state index is 5.88. The zero-order valence-corrected chi connectivity index (χ0v) is 13.0. The van der Waals surface area contributed by atoms with E-state index in [-0.39, 0.29) is 6.04 Å². The maximum absolute atomic E-state index is 5.88. The number of nitrogens with one attached hydrogen (secondary N) is 1. The van der Waals surface area contributed by atoms with Crippen LogP contribution in [0, 0.1) is 11.3 Å². The Hall–Kier alpha value is -1.45. The number of fused-ring (bicyclic) bond motifs is 1. The average Bonchev–Trinajstić information content (AvgIpc) is 2.49. The molecule has 1 unspecified atom stereocenters. The summed E-state index contributed by atoms with van der Waals surface area (Å²) in [7, 11) is 0. The van der Waals surface area contributed by atoms with Crippen molar-refractivity contribution >= 4 is 10.9 Å². The van der Waals surface area contributed by atoms with E-state index in [0.29, 0.717) is 11.3 Å².